The summed E-state index contributed by atoms with van der Waals surface area (Å²) < 4.78 is 10.2. The van der Waals surface area contributed by atoms with Crippen LogP contribution < -0.4 is 0 Å². The first-order valence-corrected chi connectivity index (χ1v) is 7.77. The fraction of sp³-hybridized carbons (Fsp3) is 0.875. The fourth-order valence-electron chi connectivity index (χ4n) is 4.10. The highest BCUT2D eigenvalue weighted by molar-refractivity contribution is 6.01. The first kappa shape index (κ1) is 15.3. The van der Waals surface area contributed by atoms with Gasteiger partial charge in [-0.05, 0) is 42.9 Å². The van der Waals surface area contributed by atoms with Crippen LogP contribution in [0.4, 0.5) is 0 Å². The molecular weight excluding hydrogens is 256 g/mol. The van der Waals surface area contributed by atoms with Crippen molar-refractivity contribution in [1.29, 1.82) is 0 Å². The van der Waals surface area contributed by atoms with Gasteiger partial charge in [0.05, 0.1) is 0 Å². The highest BCUT2D eigenvalue weighted by Crippen LogP contribution is 2.50. The van der Waals surface area contributed by atoms with E-state index in [9.17, 15) is 9.59 Å². The molecule has 0 aromatic rings. The zero-order valence-corrected chi connectivity index (χ0v) is 13.0. The van der Waals surface area contributed by atoms with E-state index in [2.05, 4.69) is 20.8 Å². The van der Waals surface area contributed by atoms with Gasteiger partial charge in [-0.25, -0.2) is 0 Å². The Morgan fingerprint density at radius 2 is 1.80 bits per heavy atom. The molecule has 0 aromatic heterocycles. The monoisotopic (exact) mass is 282 g/mol. The molecule has 1 heterocycles. The smallest absolute Gasteiger partial charge is 0.326 e. The van der Waals surface area contributed by atoms with E-state index in [1.165, 1.54) is 6.42 Å². The molecule has 3 unspecified atom stereocenters. The van der Waals surface area contributed by atoms with Gasteiger partial charge in [0.25, 0.3) is 0 Å². The Hall–Kier alpha value is -1.06. The van der Waals surface area contributed by atoms with Crippen LogP contribution in [0.1, 0.15) is 53.4 Å². The van der Waals surface area contributed by atoms with Crippen molar-refractivity contribution < 1.29 is 19.1 Å². The predicted octanol–water partition coefficient (Wildman–Crippen LogP) is 3.15. The zero-order chi connectivity index (χ0) is 14.9. The molecule has 114 valence electrons. The molecule has 0 aromatic carbocycles. The molecule has 4 nitrogen and oxygen atoms in total. The van der Waals surface area contributed by atoms with Crippen LogP contribution in [-0.4, -0.2) is 18.7 Å². The summed E-state index contributed by atoms with van der Waals surface area (Å²) in [6, 6.07) is 0. The number of carbonyl (C=O) groups is 2. The number of carbonyl (C=O) groups excluding carboxylic acids is 2. The second kappa shape index (κ2) is 5.74. The maximum absolute atomic E-state index is 12.4. The van der Waals surface area contributed by atoms with Gasteiger partial charge in [0, 0.05) is 0 Å². The molecule has 2 fully saturated rings. The van der Waals surface area contributed by atoms with E-state index in [4.69, 9.17) is 9.47 Å². The Morgan fingerprint density at radius 1 is 1.20 bits per heavy atom. The van der Waals surface area contributed by atoms with Gasteiger partial charge >= 0.3 is 11.9 Å². The summed E-state index contributed by atoms with van der Waals surface area (Å²) >= 11 is 0. The Kier molecular flexibility index (Phi) is 4.40. The maximum atomic E-state index is 12.4. The predicted molar refractivity (Wildman–Crippen MR) is 74.6 cm³/mol. The lowest BCUT2D eigenvalue weighted by atomic mass is 9.58. The fourth-order valence-corrected chi connectivity index (χ4v) is 4.10. The first-order chi connectivity index (χ1) is 9.43. The van der Waals surface area contributed by atoms with Crippen molar-refractivity contribution in [3.63, 3.8) is 0 Å². The molecule has 0 spiro atoms. The molecule has 20 heavy (non-hydrogen) atoms. The Morgan fingerprint density at radius 3 is 2.30 bits per heavy atom. The average Bonchev–Trinajstić information content (AvgIpc) is 2.39. The highest BCUT2D eigenvalue weighted by Gasteiger charge is 2.58. The topological polar surface area (TPSA) is 52.6 Å². The number of rotatable bonds is 3. The van der Waals surface area contributed by atoms with Crippen molar-refractivity contribution in [3.8, 4) is 0 Å². The van der Waals surface area contributed by atoms with Gasteiger partial charge in [-0.3, -0.25) is 9.59 Å². The van der Waals surface area contributed by atoms with Gasteiger partial charge in [0.15, 0.2) is 5.41 Å². The molecule has 2 rings (SSSR count). The van der Waals surface area contributed by atoms with Crippen LogP contribution in [0.2, 0.25) is 0 Å². The van der Waals surface area contributed by atoms with E-state index in [1.54, 1.807) is 0 Å². The molecule has 0 N–H and O–H groups in total. The quantitative estimate of drug-likeness (QED) is 0.589. The van der Waals surface area contributed by atoms with Crippen molar-refractivity contribution in [2.24, 2.45) is 29.1 Å². The van der Waals surface area contributed by atoms with E-state index >= 15 is 0 Å². The molecule has 1 saturated carbocycles. The first-order valence-electron chi connectivity index (χ1n) is 7.77. The largest absolute Gasteiger partial charge is 0.427 e. The number of hydrogen-bond acceptors (Lipinski definition) is 4. The van der Waals surface area contributed by atoms with Crippen LogP contribution in [0.5, 0.6) is 0 Å². The van der Waals surface area contributed by atoms with E-state index in [1.807, 2.05) is 6.92 Å². The third-order valence-corrected chi connectivity index (χ3v) is 5.32. The van der Waals surface area contributed by atoms with E-state index in [-0.39, 0.29) is 24.6 Å². The van der Waals surface area contributed by atoms with Crippen molar-refractivity contribution in [1.82, 2.24) is 0 Å². The summed E-state index contributed by atoms with van der Waals surface area (Å²) in [5.41, 5.74) is -1.08. The summed E-state index contributed by atoms with van der Waals surface area (Å²) in [6.07, 6.45) is 3.61. The Bertz CT molecular complexity index is 372. The van der Waals surface area contributed by atoms with Gasteiger partial charge in [-0.1, -0.05) is 34.1 Å². The number of ether oxygens (including phenoxy) is 2. The third-order valence-electron chi connectivity index (χ3n) is 5.32. The molecule has 1 saturated heterocycles. The lowest BCUT2D eigenvalue weighted by Gasteiger charge is -2.47. The third kappa shape index (κ3) is 2.33. The standard InChI is InChI=1S/C16H26O4/c1-5-16(14(17)19-9-20-15(16)18)13-8-11(4)6-7-12(13)10(2)3/h10-13H,5-9H2,1-4H3. The van der Waals surface area contributed by atoms with Crippen molar-refractivity contribution in [3.05, 3.63) is 0 Å². The highest BCUT2D eigenvalue weighted by atomic mass is 16.7. The summed E-state index contributed by atoms with van der Waals surface area (Å²) in [6.45, 7) is 8.22. The van der Waals surface area contributed by atoms with Gasteiger partial charge in [0.1, 0.15) is 0 Å². The summed E-state index contributed by atoms with van der Waals surface area (Å²) in [5.74, 6) is 0.669. The number of esters is 2. The number of cyclic esters (lactones) is 2. The molecule has 0 bridgehead atoms. The molecular formula is C16H26O4. The van der Waals surface area contributed by atoms with E-state index < -0.39 is 5.41 Å². The van der Waals surface area contributed by atoms with Gasteiger partial charge < -0.3 is 9.47 Å². The minimum absolute atomic E-state index is 0.0385. The molecule has 0 radical (unpaired) electrons. The molecule has 3 atom stereocenters. The summed E-state index contributed by atoms with van der Waals surface area (Å²) in [7, 11) is 0. The van der Waals surface area contributed by atoms with Crippen LogP contribution in [-0.2, 0) is 19.1 Å². The van der Waals surface area contributed by atoms with Crippen molar-refractivity contribution in [2.75, 3.05) is 6.79 Å². The van der Waals surface area contributed by atoms with Crippen molar-refractivity contribution >= 4 is 11.9 Å². The minimum atomic E-state index is -1.08. The van der Waals surface area contributed by atoms with Gasteiger partial charge in [-0.2, -0.15) is 0 Å². The van der Waals surface area contributed by atoms with Crippen LogP contribution in [0.25, 0.3) is 0 Å². The SMILES string of the molecule is CCC1(C2CC(C)CCC2C(C)C)C(=O)OCOC1=O. The Balaban J connectivity index is 2.40. The lowest BCUT2D eigenvalue weighted by Crippen LogP contribution is -2.55. The minimum Gasteiger partial charge on any atom is -0.427 e. The molecule has 1 aliphatic carbocycles. The van der Waals surface area contributed by atoms with Crippen LogP contribution >= 0.6 is 0 Å². The van der Waals surface area contributed by atoms with Gasteiger partial charge in [-0.15, -0.1) is 0 Å². The zero-order valence-electron chi connectivity index (χ0n) is 13.0. The van der Waals surface area contributed by atoms with Crippen LogP contribution in [0.3, 0.4) is 0 Å². The Labute approximate surface area is 121 Å². The van der Waals surface area contributed by atoms with Crippen LogP contribution in [0.15, 0.2) is 0 Å². The normalized spacial score (nSPS) is 33.8. The average molecular weight is 282 g/mol. The van der Waals surface area contributed by atoms with Crippen LogP contribution in [0, 0.1) is 29.1 Å². The molecule has 2 aliphatic rings. The second-order valence-corrected chi connectivity index (χ2v) is 6.74. The summed E-state index contributed by atoms with van der Waals surface area (Å²) in [4.78, 5) is 24.8. The second-order valence-electron chi connectivity index (χ2n) is 6.74. The summed E-state index contributed by atoms with van der Waals surface area (Å²) in [5, 5.41) is 0. The van der Waals surface area contributed by atoms with Crippen molar-refractivity contribution in [2.45, 2.75) is 53.4 Å². The molecule has 4 heteroatoms. The van der Waals surface area contributed by atoms with E-state index in [0.29, 0.717) is 24.2 Å². The maximum Gasteiger partial charge on any atom is 0.326 e. The van der Waals surface area contributed by atoms with E-state index in [0.717, 1.165) is 12.8 Å². The lowest BCUT2D eigenvalue weighted by molar-refractivity contribution is -0.211. The molecule has 0 amide bonds. The number of hydrogen-bond donors (Lipinski definition) is 0. The molecule has 1 aliphatic heterocycles. The van der Waals surface area contributed by atoms with Gasteiger partial charge in [0.2, 0.25) is 6.79 Å².